The van der Waals surface area contributed by atoms with E-state index >= 15 is 0 Å². The molecular weight excluding hydrogens is 634 g/mol. The summed E-state index contributed by atoms with van der Waals surface area (Å²) in [4.78, 5) is 49.4. The van der Waals surface area contributed by atoms with Gasteiger partial charge in [-0.1, -0.05) is 39.1 Å². The van der Waals surface area contributed by atoms with Crippen molar-refractivity contribution in [3.05, 3.63) is 95.9 Å². The fraction of sp³-hybridized carbons (Fsp3) is 0.0417. The van der Waals surface area contributed by atoms with Crippen LogP contribution in [-0.2, 0) is 15.8 Å². The summed E-state index contributed by atoms with van der Waals surface area (Å²) < 4.78 is 45.5. The van der Waals surface area contributed by atoms with Gasteiger partial charge in [0.05, 0.1) is 21.2 Å². The monoisotopic (exact) mass is 643 g/mol. The normalized spacial score (nSPS) is 15.0. The Morgan fingerprint density at radius 1 is 1.03 bits per heavy atom. The van der Waals surface area contributed by atoms with E-state index in [0.717, 1.165) is 12.1 Å². The number of nitro benzene ring substituents is 1. The maximum absolute atomic E-state index is 13.2. The topological polar surface area (TPSA) is 119 Å². The number of nitrogens with one attached hydrogen (secondary N) is 1. The summed E-state index contributed by atoms with van der Waals surface area (Å²) in [5.74, 6) is -3.05. The third-order valence-electron chi connectivity index (χ3n) is 5.22. The van der Waals surface area contributed by atoms with E-state index in [1.54, 1.807) is 12.1 Å². The van der Waals surface area contributed by atoms with Crippen LogP contribution in [0.4, 0.5) is 29.3 Å². The summed E-state index contributed by atoms with van der Waals surface area (Å²) in [5, 5.41) is 13.3. The first-order valence-corrected chi connectivity index (χ1v) is 12.0. The Morgan fingerprint density at radius 2 is 1.69 bits per heavy atom. The Balaban J connectivity index is 1.81. The predicted octanol–water partition coefficient (Wildman–Crippen LogP) is 7.14. The molecule has 0 unspecified atom stereocenters. The summed E-state index contributed by atoms with van der Waals surface area (Å²) in [7, 11) is 0. The summed E-state index contributed by atoms with van der Waals surface area (Å²) >= 11 is 15.5. The van der Waals surface area contributed by atoms with E-state index in [-0.39, 0.29) is 33.1 Å². The van der Waals surface area contributed by atoms with Crippen LogP contribution >= 0.6 is 39.1 Å². The zero-order chi connectivity index (χ0) is 28.6. The number of carbonyl (C=O) groups is 3. The molecular formula is C24H11BrCl2F3N3O6. The second kappa shape index (κ2) is 10.7. The predicted molar refractivity (Wildman–Crippen MR) is 138 cm³/mol. The molecule has 0 aliphatic carbocycles. The van der Waals surface area contributed by atoms with Gasteiger partial charge in [0.15, 0.2) is 5.75 Å². The van der Waals surface area contributed by atoms with Gasteiger partial charge in [-0.25, -0.2) is 9.69 Å². The summed E-state index contributed by atoms with van der Waals surface area (Å²) in [5.41, 5.74) is -2.85. The molecule has 3 aromatic carbocycles. The summed E-state index contributed by atoms with van der Waals surface area (Å²) in [6, 6.07) is 8.99. The molecule has 3 aromatic rings. The number of hydrogen-bond acceptors (Lipinski definition) is 6. The second-order valence-electron chi connectivity index (χ2n) is 7.78. The van der Waals surface area contributed by atoms with E-state index in [4.69, 9.17) is 27.9 Å². The summed E-state index contributed by atoms with van der Waals surface area (Å²) in [6.45, 7) is 0. The third kappa shape index (κ3) is 5.90. The maximum Gasteiger partial charge on any atom is 0.416 e. The third-order valence-corrected chi connectivity index (χ3v) is 6.25. The number of barbiturate groups is 1. The van der Waals surface area contributed by atoms with Crippen molar-refractivity contribution in [2.75, 3.05) is 4.90 Å². The Kier molecular flexibility index (Phi) is 7.68. The second-order valence-corrected chi connectivity index (χ2v) is 9.54. The number of anilines is 1. The van der Waals surface area contributed by atoms with Crippen LogP contribution in [0.1, 0.15) is 11.1 Å². The highest BCUT2D eigenvalue weighted by molar-refractivity contribution is 9.10. The van der Waals surface area contributed by atoms with Crippen LogP contribution in [0.2, 0.25) is 10.0 Å². The molecule has 1 aliphatic heterocycles. The summed E-state index contributed by atoms with van der Waals surface area (Å²) in [6.07, 6.45) is -3.87. The SMILES string of the molecule is O=C1NC(=O)N(c2ccc(Br)cc2)C(=O)/C1=C/c1cc(Cl)cc(Cl)c1Oc1ccc(C(F)(F)F)cc1[N+](=O)[O-]. The number of rotatable bonds is 5. The van der Waals surface area contributed by atoms with E-state index in [0.29, 0.717) is 15.4 Å². The van der Waals surface area contributed by atoms with Gasteiger partial charge in [0, 0.05) is 21.1 Å². The largest absolute Gasteiger partial charge is 0.448 e. The number of ether oxygens (including phenoxy) is 1. The smallest absolute Gasteiger partial charge is 0.416 e. The van der Waals surface area contributed by atoms with E-state index in [1.807, 2.05) is 5.32 Å². The zero-order valence-electron chi connectivity index (χ0n) is 18.9. The van der Waals surface area contributed by atoms with Crippen molar-refractivity contribution < 1.29 is 37.2 Å². The van der Waals surface area contributed by atoms with Gasteiger partial charge in [0.25, 0.3) is 11.8 Å². The molecule has 1 N–H and O–H groups in total. The molecule has 0 radical (unpaired) electrons. The fourth-order valence-corrected chi connectivity index (χ4v) is 4.28. The van der Waals surface area contributed by atoms with Crippen LogP contribution in [0.25, 0.3) is 6.08 Å². The number of carbonyl (C=O) groups excluding carboxylic acids is 3. The molecule has 0 atom stereocenters. The van der Waals surface area contributed by atoms with Crippen molar-refractivity contribution in [1.29, 1.82) is 0 Å². The van der Waals surface area contributed by atoms with Crippen molar-refractivity contribution in [2.24, 2.45) is 0 Å². The van der Waals surface area contributed by atoms with Crippen LogP contribution in [-0.4, -0.2) is 22.8 Å². The number of amides is 4. The molecule has 1 saturated heterocycles. The van der Waals surface area contributed by atoms with Gasteiger partial charge in [-0.3, -0.25) is 25.0 Å². The van der Waals surface area contributed by atoms with Crippen LogP contribution in [0.15, 0.2) is 64.6 Å². The molecule has 15 heteroatoms. The number of nitrogens with zero attached hydrogens (tertiary/aromatic N) is 2. The molecule has 200 valence electrons. The van der Waals surface area contributed by atoms with Crippen molar-refractivity contribution in [1.82, 2.24) is 5.32 Å². The van der Waals surface area contributed by atoms with Gasteiger partial charge in [-0.15, -0.1) is 0 Å². The number of hydrogen-bond donors (Lipinski definition) is 1. The van der Waals surface area contributed by atoms with E-state index in [1.165, 1.54) is 24.3 Å². The van der Waals surface area contributed by atoms with Gasteiger partial charge in [0.2, 0.25) is 5.75 Å². The number of benzene rings is 3. The molecule has 39 heavy (non-hydrogen) atoms. The number of nitro groups is 1. The highest BCUT2D eigenvalue weighted by Gasteiger charge is 2.37. The van der Waals surface area contributed by atoms with Gasteiger partial charge < -0.3 is 4.74 Å². The minimum Gasteiger partial charge on any atom is -0.448 e. The Bertz CT molecular complexity index is 1580. The fourth-order valence-electron chi connectivity index (χ4n) is 3.47. The van der Waals surface area contributed by atoms with Crippen LogP contribution < -0.4 is 15.0 Å². The number of halogens is 6. The highest BCUT2D eigenvalue weighted by Crippen LogP contribution is 2.42. The minimum absolute atomic E-state index is 0.00521. The molecule has 0 saturated carbocycles. The van der Waals surface area contributed by atoms with E-state index in [9.17, 15) is 37.7 Å². The van der Waals surface area contributed by atoms with Crippen molar-refractivity contribution >= 4 is 74.4 Å². The average Bonchev–Trinajstić information content (AvgIpc) is 2.84. The minimum atomic E-state index is -4.86. The molecule has 0 bridgehead atoms. The first-order chi connectivity index (χ1) is 18.3. The Morgan fingerprint density at radius 3 is 2.31 bits per heavy atom. The molecule has 0 spiro atoms. The van der Waals surface area contributed by atoms with Crippen molar-refractivity contribution in [3.63, 3.8) is 0 Å². The van der Waals surface area contributed by atoms with Gasteiger partial charge in [-0.2, -0.15) is 13.2 Å². The molecule has 1 heterocycles. The lowest BCUT2D eigenvalue weighted by Crippen LogP contribution is -2.54. The average molecular weight is 645 g/mol. The maximum atomic E-state index is 13.2. The van der Waals surface area contributed by atoms with Gasteiger partial charge in [0.1, 0.15) is 5.57 Å². The molecule has 1 fully saturated rings. The Labute approximate surface area is 235 Å². The molecule has 0 aromatic heterocycles. The van der Waals surface area contributed by atoms with Gasteiger partial charge >= 0.3 is 17.9 Å². The van der Waals surface area contributed by atoms with Crippen LogP contribution in [0, 0.1) is 10.1 Å². The number of imide groups is 2. The molecule has 1 aliphatic rings. The quantitative estimate of drug-likeness (QED) is 0.136. The van der Waals surface area contributed by atoms with Crippen LogP contribution in [0.3, 0.4) is 0 Å². The lowest BCUT2D eigenvalue weighted by Gasteiger charge is -2.26. The molecule has 9 nitrogen and oxygen atoms in total. The zero-order valence-corrected chi connectivity index (χ0v) is 22.0. The van der Waals surface area contributed by atoms with Crippen molar-refractivity contribution in [3.8, 4) is 11.5 Å². The number of alkyl halides is 3. The Hall–Kier alpha value is -3.94. The van der Waals surface area contributed by atoms with Gasteiger partial charge in [-0.05, 0) is 54.6 Å². The van der Waals surface area contributed by atoms with E-state index < -0.39 is 51.5 Å². The lowest BCUT2D eigenvalue weighted by atomic mass is 10.1. The van der Waals surface area contributed by atoms with Crippen molar-refractivity contribution in [2.45, 2.75) is 6.18 Å². The standard InChI is InChI=1S/C24H11BrCl2F3N3O6/c25-13-2-4-15(5-3-13)32-22(35)16(21(34)31-23(32)36)8-11-7-14(26)10-17(27)20(11)39-19-6-1-12(24(28,29)30)9-18(19)33(37)38/h1-10H,(H,31,34,36)/b16-8+. The number of urea groups is 1. The lowest BCUT2D eigenvalue weighted by molar-refractivity contribution is -0.385. The highest BCUT2D eigenvalue weighted by atomic mass is 79.9. The molecule has 4 amide bonds. The van der Waals surface area contributed by atoms with Crippen LogP contribution in [0.5, 0.6) is 11.5 Å². The van der Waals surface area contributed by atoms with E-state index in [2.05, 4.69) is 15.9 Å². The first kappa shape index (κ1) is 28.1. The molecule has 4 rings (SSSR count). The first-order valence-electron chi connectivity index (χ1n) is 10.5.